The maximum absolute atomic E-state index is 12.0. The first-order chi connectivity index (χ1) is 16.3. The van der Waals surface area contributed by atoms with Crippen LogP contribution in [0.4, 0.5) is 0 Å². The fraction of sp³-hybridized carbons (Fsp3) is 0.276. The van der Waals surface area contributed by atoms with Crippen LogP contribution in [-0.2, 0) is 38.9 Å². The molecule has 190 valence electrons. The molecule has 0 fully saturated rings. The van der Waals surface area contributed by atoms with Gasteiger partial charge in [-0.05, 0) is 12.8 Å². The summed E-state index contributed by atoms with van der Waals surface area (Å²) in [6.45, 7) is 1.25. The Labute approximate surface area is 231 Å². The largest absolute Gasteiger partial charge is 2.00 e. The predicted molar refractivity (Wildman–Crippen MR) is 137 cm³/mol. The molecule has 0 saturated heterocycles. The normalized spacial score (nSPS) is 9.54. The van der Waals surface area contributed by atoms with Crippen molar-refractivity contribution in [2.45, 2.75) is 31.7 Å². The molecule has 0 aliphatic carbocycles. The maximum atomic E-state index is 12.0. The van der Waals surface area contributed by atoms with Crippen molar-refractivity contribution < 1.29 is 44.0 Å². The number of rotatable bonds is 11. The summed E-state index contributed by atoms with van der Waals surface area (Å²) in [6.07, 6.45) is 3.86. The second-order valence-electron chi connectivity index (χ2n) is 7.66. The standard InChI is InChI=1S/C19H26N2O2.2C5H5.2Fe/c22-14-8-2-1-7-13-20-18(23)15-21-19(16-9-3-4-10-16)17-11-5-6-12-17;2*1-2-4-5-3-1;;/h3-6,9-12,19,21-22H,1-2,7-8,13-15H2,(H,20,23);2*1-5H;;/q-2;2*-1;2*+2. The van der Waals surface area contributed by atoms with E-state index in [4.69, 9.17) is 5.11 Å². The molecule has 0 bridgehead atoms. The van der Waals surface area contributed by atoms with E-state index in [2.05, 4.69) is 34.9 Å². The number of hydrogen-bond donors (Lipinski definition) is 3. The van der Waals surface area contributed by atoms with Gasteiger partial charge in [-0.3, -0.25) is 4.79 Å². The molecule has 3 N–H and O–H groups in total. The SMILES string of the molecule is O=C(CNC(c1ccc[cH-]1)c1ccc[cH-]1)NCCCCCCO.[Fe+2].[Fe+2].c1cc[cH-]c1.c1cc[cH-]c1. The third-order valence-electron chi connectivity index (χ3n) is 5.03. The molecule has 4 nitrogen and oxygen atoms in total. The van der Waals surface area contributed by atoms with Gasteiger partial charge < -0.3 is 15.7 Å². The molecular formula is C29H36Fe2N2O2. The van der Waals surface area contributed by atoms with E-state index in [9.17, 15) is 4.79 Å². The van der Waals surface area contributed by atoms with Crippen LogP contribution in [0.2, 0.25) is 0 Å². The average molecular weight is 556 g/mol. The Morgan fingerprint density at radius 3 is 1.66 bits per heavy atom. The Balaban J connectivity index is 0.000000793. The van der Waals surface area contributed by atoms with Crippen LogP contribution in [0.5, 0.6) is 0 Å². The van der Waals surface area contributed by atoms with Gasteiger partial charge in [0.15, 0.2) is 0 Å². The van der Waals surface area contributed by atoms with Gasteiger partial charge in [0.2, 0.25) is 5.91 Å². The quantitative estimate of drug-likeness (QED) is 0.134. The summed E-state index contributed by atoms with van der Waals surface area (Å²) in [5.41, 5.74) is 2.35. The first kappa shape index (κ1) is 32.8. The number of aliphatic hydroxyl groups is 1. The summed E-state index contributed by atoms with van der Waals surface area (Å²) in [5.74, 6) is 0.0234. The van der Waals surface area contributed by atoms with Crippen molar-refractivity contribution in [2.24, 2.45) is 0 Å². The van der Waals surface area contributed by atoms with Crippen LogP contribution in [0.3, 0.4) is 0 Å². The molecule has 0 aliphatic heterocycles. The van der Waals surface area contributed by atoms with Crippen molar-refractivity contribution in [3.05, 3.63) is 120 Å². The van der Waals surface area contributed by atoms with E-state index in [1.807, 2.05) is 84.9 Å². The molecule has 4 rings (SSSR count). The Bertz CT molecular complexity index is 792. The fourth-order valence-corrected chi connectivity index (χ4v) is 3.31. The van der Waals surface area contributed by atoms with Crippen molar-refractivity contribution >= 4 is 5.91 Å². The van der Waals surface area contributed by atoms with Crippen molar-refractivity contribution in [1.82, 2.24) is 10.6 Å². The minimum absolute atomic E-state index is 0. The monoisotopic (exact) mass is 556 g/mol. The smallest absolute Gasteiger partial charge is 0.396 e. The molecule has 0 aromatic heterocycles. The zero-order valence-electron chi connectivity index (χ0n) is 20.0. The maximum Gasteiger partial charge on any atom is 2.00 e. The Hall–Kier alpha value is -2.17. The first-order valence-corrected chi connectivity index (χ1v) is 11.7. The van der Waals surface area contributed by atoms with E-state index in [0.29, 0.717) is 13.1 Å². The number of aliphatic hydroxyl groups excluding tert-OH is 1. The van der Waals surface area contributed by atoms with Crippen molar-refractivity contribution in [2.75, 3.05) is 19.7 Å². The number of amides is 1. The molecule has 6 heteroatoms. The number of nitrogens with one attached hydrogen (secondary N) is 2. The van der Waals surface area contributed by atoms with Gasteiger partial charge in [0.05, 0.1) is 6.54 Å². The molecule has 0 aliphatic rings. The second kappa shape index (κ2) is 22.3. The van der Waals surface area contributed by atoms with Gasteiger partial charge in [0.1, 0.15) is 0 Å². The van der Waals surface area contributed by atoms with Crippen molar-refractivity contribution in [3.63, 3.8) is 0 Å². The van der Waals surface area contributed by atoms with Crippen LogP contribution in [0.1, 0.15) is 42.9 Å². The van der Waals surface area contributed by atoms with Gasteiger partial charge >= 0.3 is 34.1 Å². The van der Waals surface area contributed by atoms with Crippen molar-refractivity contribution in [3.8, 4) is 0 Å². The van der Waals surface area contributed by atoms with Gasteiger partial charge in [-0.15, -0.1) is 11.1 Å². The summed E-state index contributed by atoms with van der Waals surface area (Å²) in [5, 5.41) is 15.0. The van der Waals surface area contributed by atoms with Crippen LogP contribution < -0.4 is 10.6 Å². The van der Waals surface area contributed by atoms with E-state index < -0.39 is 0 Å². The van der Waals surface area contributed by atoms with E-state index in [0.717, 1.165) is 25.7 Å². The number of hydrogen-bond acceptors (Lipinski definition) is 3. The van der Waals surface area contributed by atoms with Crippen LogP contribution in [0.25, 0.3) is 0 Å². The number of unbranched alkanes of at least 4 members (excludes halogenated alkanes) is 3. The molecule has 0 radical (unpaired) electrons. The first-order valence-electron chi connectivity index (χ1n) is 11.7. The predicted octanol–water partition coefficient (Wildman–Crippen LogP) is 5.28. The third kappa shape index (κ3) is 15.4. The van der Waals surface area contributed by atoms with E-state index in [1.54, 1.807) is 0 Å². The summed E-state index contributed by atoms with van der Waals surface area (Å²) in [4.78, 5) is 12.0. The molecule has 0 atom stereocenters. The molecule has 0 heterocycles. The second-order valence-corrected chi connectivity index (χ2v) is 7.66. The zero-order chi connectivity index (χ0) is 23.4. The van der Waals surface area contributed by atoms with E-state index in [-0.39, 0.29) is 52.7 Å². The van der Waals surface area contributed by atoms with E-state index >= 15 is 0 Å². The number of carbonyl (C=O) groups is 1. The van der Waals surface area contributed by atoms with E-state index in [1.165, 1.54) is 11.1 Å². The zero-order valence-corrected chi connectivity index (χ0v) is 22.2. The van der Waals surface area contributed by atoms with Gasteiger partial charge in [-0.25, -0.2) is 48.5 Å². The van der Waals surface area contributed by atoms with Gasteiger partial charge in [-0.2, -0.15) is 60.7 Å². The van der Waals surface area contributed by atoms with Crippen LogP contribution in [0.15, 0.2) is 109 Å². The molecule has 0 saturated carbocycles. The minimum atomic E-state index is 0. The van der Waals surface area contributed by atoms with Crippen LogP contribution >= 0.6 is 0 Å². The molecule has 4 aromatic carbocycles. The molecule has 0 unspecified atom stereocenters. The molecular weight excluding hydrogens is 520 g/mol. The molecule has 35 heavy (non-hydrogen) atoms. The summed E-state index contributed by atoms with van der Waals surface area (Å²) in [6, 6.07) is 36.4. The molecule has 4 aromatic rings. The minimum Gasteiger partial charge on any atom is -0.396 e. The van der Waals surface area contributed by atoms with Gasteiger partial charge in [0, 0.05) is 19.2 Å². The fourth-order valence-electron chi connectivity index (χ4n) is 3.31. The topological polar surface area (TPSA) is 61.4 Å². The van der Waals surface area contributed by atoms with Crippen molar-refractivity contribution in [1.29, 1.82) is 0 Å². The molecule has 1 amide bonds. The Morgan fingerprint density at radius 1 is 0.743 bits per heavy atom. The average Bonchev–Trinajstić information content (AvgIpc) is 3.66. The van der Waals surface area contributed by atoms with Gasteiger partial charge in [-0.1, -0.05) is 12.8 Å². The summed E-state index contributed by atoms with van der Waals surface area (Å²) < 4.78 is 0. The van der Waals surface area contributed by atoms with Crippen LogP contribution in [0, 0.1) is 0 Å². The Morgan fingerprint density at radius 2 is 1.26 bits per heavy atom. The third-order valence-corrected chi connectivity index (χ3v) is 5.03. The molecule has 0 spiro atoms. The van der Waals surface area contributed by atoms with Gasteiger partial charge in [0.25, 0.3) is 0 Å². The van der Waals surface area contributed by atoms with Crippen LogP contribution in [-0.4, -0.2) is 30.7 Å². The number of carbonyl (C=O) groups excluding carboxylic acids is 1. The Kier molecular flexibility index (Phi) is 20.9. The summed E-state index contributed by atoms with van der Waals surface area (Å²) in [7, 11) is 0. The summed E-state index contributed by atoms with van der Waals surface area (Å²) >= 11 is 0.